The molecular formula is C12H19FN2O5. The van der Waals surface area contributed by atoms with E-state index in [0.717, 1.165) is 12.0 Å². The summed E-state index contributed by atoms with van der Waals surface area (Å²) in [4.78, 5) is 35.6. The summed E-state index contributed by atoms with van der Waals surface area (Å²) in [5, 5.41) is 11.4. The number of carbonyl (C=O) groups is 3. The Morgan fingerprint density at radius 2 is 2.00 bits per heavy atom. The molecule has 1 aliphatic rings. The maximum atomic E-state index is 13.4. The van der Waals surface area contributed by atoms with Crippen LogP contribution in [-0.4, -0.2) is 59.9 Å². The molecule has 7 nitrogen and oxygen atoms in total. The molecule has 0 aromatic carbocycles. The van der Waals surface area contributed by atoms with E-state index < -0.39 is 36.2 Å². The third-order valence-corrected chi connectivity index (χ3v) is 3.21. The topological polar surface area (TPSA) is 95.9 Å². The van der Waals surface area contributed by atoms with Crippen LogP contribution in [0.5, 0.6) is 0 Å². The number of nitrogens with one attached hydrogen (secondary N) is 1. The van der Waals surface area contributed by atoms with E-state index in [4.69, 9.17) is 5.11 Å². The molecule has 0 radical (unpaired) electrons. The lowest BCUT2D eigenvalue weighted by Crippen LogP contribution is -2.53. The summed E-state index contributed by atoms with van der Waals surface area (Å²) in [7, 11) is 1.16. The fourth-order valence-electron chi connectivity index (χ4n) is 2.14. The number of alkyl carbamates (subject to hydrolysis) is 1. The molecule has 0 aliphatic carbocycles. The highest BCUT2D eigenvalue weighted by Gasteiger charge is 2.42. The number of likely N-dealkylation sites (tertiary alicyclic amines) is 1. The highest BCUT2D eigenvalue weighted by Crippen LogP contribution is 2.22. The quantitative estimate of drug-likeness (QED) is 0.781. The van der Waals surface area contributed by atoms with Gasteiger partial charge in [0.25, 0.3) is 0 Å². The Morgan fingerprint density at radius 3 is 2.45 bits per heavy atom. The predicted octanol–water partition coefficient (Wildman–Crippen LogP) is 0.391. The average Bonchev–Trinajstić information content (AvgIpc) is 2.76. The number of hydrogen-bond acceptors (Lipinski definition) is 4. The molecule has 0 saturated carbocycles. The number of rotatable bonds is 4. The molecule has 2 N–H and O–H groups in total. The summed E-state index contributed by atoms with van der Waals surface area (Å²) >= 11 is 0. The van der Waals surface area contributed by atoms with E-state index >= 15 is 0 Å². The van der Waals surface area contributed by atoms with Crippen LogP contribution in [0.1, 0.15) is 20.3 Å². The van der Waals surface area contributed by atoms with Crippen LogP contribution in [-0.2, 0) is 14.3 Å². The number of amides is 2. The second-order valence-electron chi connectivity index (χ2n) is 5.04. The third-order valence-electron chi connectivity index (χ3n) is 3.21. The van der Waals surface area contributed by atoms with Crippen molar-refractivity contribution in [1.82, 2.24) is 10.2 Å². The van der Waals surface area contributed by atoms with Gasteiger partial charge in [-0.15, -0.1) is 0 Å². The Hall–Kier alpha value is -1.86. The van der Waals surface area contributed by atoms with E-state index in [9.17, 15) is 18.8 Å². The molecule has 8 heteroatoms. The van der Waals surface area contributed by atoms with E-state index in [-0.39, 0.29) is 18.9 Å². The van der Waals surface area contributed by atoms with E-state index in [1.54, 1.807) is 13.8 Å². The molecule has 1 heterocycles. The van der Waals surface area contributed by atoms with E-state index in [1.165, 1.54) is 0 Å². The Kier molecular flexibility index (Phi) is 5.29. The van der Waals surface area contributed by atoms with Gasteiger partial charge in [0.1, 0.15) is 18.3 Å². The number of carboxylic acid groups (broad SMARTS) is 1. The lowest BCUT2D eigenvalue weighted by atomic mass is 10.0. The number of aliphatic carboxylic acids is 1. The van der Waals surface area contributed by atoms with Gasteiger partial charge in [-0.3, -0.25) is 4.79 Å². The number of hydrogen-bond donors (Lipinski definition) is 2. The summed E-state index contributed by atoms with van der Waals surface area (Å²) < 4.78 is 17.8. The van der Waals surface area contributed by atoms with Crippen LogP contribution in [0.3, 0.4) is 0 Å². The molecule has 20 heavy (non-hydrogen) atoms. The van der Waals surface area contributed by atoms with Gasteiger partial charge in [-0.1, -0.05) is 13.8 Å². The van der Waals surface area contributed by atoms with Gasteiger partial charge < -0.3 is 20.1 Å². The van der Waals surface area contributed by atoms with Crippen LogP contribution in [0.25, 0.3) is 0 Å². The fourth-order valence-corrected chi connectivity index (χ4v) is 2.14. The predicted molar refractivity (Wildman–Crippen MR) is 66.8 cm³/mol. The van der Waals surface area contributed by atoms with Crippen molar-refractivity contribution in [2.75, 3.05) is 13.7 Å². The SMILES string of the molecule is COC(=O)N[C@H](C(=O)N1C[C@@H](F)C[C@H]1C(=O)O)C(C)C. The van der Waals surface area contributed by atoms with Crippen LogP contribution < -0.4 is 5.32 Å². The molecular weight excluding hydrogens is 271 g/mol. The molecule has 114 valence electrons. The number of halogens is 1. The molecule has 1 rings (SSSR count). The Balaban J connectivity index is 2.88. The first kappa shape index (κ1) is 16.2. The first-order chi connectivity index (χ1) is 9.27. The van der Waals surface area contributed by atoms with Gasteiger partial charge in [0.05, 0.1) is 13.7 Å². The van der Waals surface area contributed by atoms with Crippen molar-refractivity contribution in [3.8, 4) is 0 Å². The second kappa shape index (κ2) is 6.53. The van der Waals surface area contributed by atoms with Crippen molar-refractivity contribution < 1.29 is 28.6 Å². The lowest BCUT2D eigenvalue weighted by Gasteiger charge is -2.28. The zero-order valence-electron chi connectivity index (χ0n) is 11.6. The minimum Gasteiger partial charge on any atom is -0.480 e. The highest BCUT2D eigenvalue weighted by molar-refractivity contribution is 5.90. The maximum absolute atomic E-state index is 13.4. The Labute approximate surface area is 116 Å². The average molecular weight is 290 g/mol. The molecule has 1 aliphatic heterocycles. The van der Waals surface area contributed by atoms with Crippen molar-refractivity contribution in [2.45, 2.75) is 38.5 Å². The van der Waals surface area contributed by atoms with Crippen LogP contribution in [0, 0.1) is 5.92 Å². The number of alkyl halides is 1. The molecule has 0 spiro atoms. The van der Waals surface area contributed by atoms with Gasteiger partial charge in [-0.25, -0.2) is 14.0 Å². The van der Waals surface area contributed by atoms with E-state index in [1.807, 2.05) is 0 Å². The molecule has 0 unspecified atom stereocenters. The van der Waals surface area contributed by atoms with Gasteiger partial charge >= 0.3 is 12.1 Å². The normalized spacial score (nSPS) is 23.6. The van der Waals surface area contributed by atoms with Crippen molar-refractivity contribution in [3.63, 3.8) is 0 Å². The second-order valence-corrected chi connectivity index (χ2v) is 5.04. The number of carbonyl (C=O) groups excluding carboxylic acids is 2. The van der Waals surface area contributed by atoms with Gasteiger partial charge in [-0.05, 0) is 5.92 Å². The largest absolute Gasteiger partial charge is 0.480 e. The van der Waals surface area contributed by atoms with Crippen molar-refractivity contribution >= 4 is 18.0 Å². The lowest BCUT2D eigenvalue weighted by molar-refractivity contribution is -0.149. The number of methoxy groups -OCH3 is 1. The third kappa shape index (κ3) is 3.58. The summed E-state index contributed by atoms with van der Waals surface area (Å²) in [5.74, 6) is -2.15. The molecule has 0 bridgehead atoms. The minimum absolute atomic E-state index is 0.232. The van der Waals surface area contributed by atoms with Gasteiger partial charge in [-0.2, -0.15) is 0 Å². The molecule has 3 atom stereocenters. The van der Waals surface area contributed by atoms with Crippen molar-refractivity contribution in [2.24, 2.45) is 5.92 Å². The summed E-state index contributed by atoms with van der Waals surface area (Å²) in [5.41, 5.74) is 0. The van der Waals surface area contributed by atoms with E-state index in [2.05, 4.69) is 10.1 Å². The van der Waals surface area contributed by atoms with Crippen LogP contribution in [0.4, 0.5) is 9.18 Å². The summed E-state index contributed by atoms with van der Waals surface area (Å²) in [6.45, 7) is 3.11. The Bertz CT molecular complexity index is 401. The van der Waals surface area contributed by atoms with Crippen LogP contribution >= 0.6 is 0 Å². The molecule has 1 saturated heterocycles. The van der Waals surface area contributed by atoms with Gasteiger partial charge in [0, 0.05) is 6.42 Å². The number of ether oxygens (including phenoxy) is 1. The smallest absolute Gasteiger partial charge is 0.407 e. The minimum atomic E-state index is -1.37. The van der Waals surface area contributed by atoms with Gasteiger partial charge in [0.2, 0.25) is 5.91 Å². The first-order valence-corrected chi connectivity index (χ1v) is 6.29. The van der Waals surface area contributed by atoms with Crippen LogP contribution in [0.15, 0.2) is 0 Å². The standard InChI is InChI=1S/C12H19FN2O5/c1-6(2)9(14-12(19)20-3)10(16)15-5-7(13)4-8(15)11(17)18/h6-9H,4-5H2,1-3H3,(H,14,19)(H,17,18)/t7-,8-,9-/m0/s1. The summed E-state index contributed by atoms with van der Waals surface area (Å²) in [6.07, 6.45) is -2.39. The molecule has 1 fully saturated rings. The molecule has 0 aromatic heterocycles. The van der Waals surface area contributed by atoms with Crippen molar-refractivity contribution in [3.05, 3.63) is 0 Å². The van der Waals surface area contributed by atoms with Crippen molar-refractivity contribution in [1.29, 1.82) is 0 Å². The van der Waals surface area contributed by atoms with Crippen LogP contribution in [0.2, 0.25) is 0 Å². The zero-order valence-corrected chi connectivity index (χ0v) is 11.6. The molecule has 2 amide bonds. The monoisotopic (exact) mass is 290 g/mol. The number of nitrogens with zero attached hydrogens (tertiary/aromatic N) is 1. The van der Waals surface area contributed by atoms with E-state index in [0.29, 0.717) is 0 Å². The first-order valence-electron chi connectivity index (χ1n) is 6.29. The fraction of sp³-hybridized carbons (Fsp3) is 0.750. The Morgan fingerprint density at radius 1 is 1.40 bits per heavy atom. The summed E-state index contributed by atoms with van der Waals surface area (Å²) in [6, 6.07) is -2.15. The number of carboxylic acids is 1. The zero-order chi connectivity index (χ0) is 15.4. The maximum Gasteiger partial charge on any atom is 0.407 e. The van der Waals surface area contributed by atoms with Gasteiger partial charge in [0.15, 0.2) is 0 Å². The highest BCUT2D eigenvalue weighted by atomic mass is 19.1. The molecule has 0 aromatic rings.